The van der Waals surface area contributed by atoms with Crippen LogP contribution in [0, 0.1) is 0 Å². The molecule has 4 nitrogen and oxygen atoms in total. The lowest BCUT2D eigenvalue weighted by Gasteiger charge is -2.04. The van der Waals surface area contributed by atoms with Gasteiger partial charge in [0, 0.05) is 23.4 Å². The second kappa shape index (κ2) is 6.11. The van der Waals surface area contributed by atoms with E-state index in [9.17, 15) is 4.79 Å². The Hall–Kier alpha value is -2.20. The van der Waals surface area contributed by atoms with Gasteiger partial charge >= 0.3 is 0 Å². The summed E-state index contributed by atoms with van der Waals surface area (Å²) >= 11 is 0. The van der Waals surface area contributed by atoms with Crippen LogP contribution in [0.1, 0.15) is 10.4 Å². The number of aromatic nitrogens is 1. The van der Waals surface area contributed by atoms with Gasteiger partial charge in [0.15, 0.2) is 5.78 Å². The lowest BCUT2D eigenvalue weighted by atomic mass is 10.0. The number of ketones is 1. The van der Waals surface area contributed by atoms with Gasteiger partial charge in [-0.25, -0.2) is 4.98 Å². The highest BCUT2D eigenvalue weighted by atomic mass is 16.5. The molecule has 19 heavy (non-hydrogen) atoms. The number of likely N-dealkylation sites (N-methyl/N-ethyl adjacent to an activating group) is 1. The van der Waals surface area contributed by atoms with Crippen LogP contribution in [0.3, 0.4) is 0 Å². The molecular formula is C15H16N2O2. The van der Waals surface area contributed by atoms with Crippen LogP contribution in [-0.4, -0.2) is 31.5 Å². The first-order chi connectivity index (χ1) is 9.24. The van der Waals surface area contributed by atoms with Crippen molar-refractivity contribution in [1.29, 1.82) is 0 Å². The van der Waals surface area contributed by atoms with Gasteiger partial charge in [0.1, 0.15) is 0 Å². The van der Waals surface area contributed by atoms with E-state index in [4.69, 9.17) is 4.74 Å². The van der Waals surface area contributed by atoms with E-state index < -0.39 is 0 Å². The molecule has 1 aromatic carbocycles. The molecule has 0 saturated heterocycles. The van der Waals surface area contributed by atoms with Crippen molar-refractivity contribution in [2.45, 2.75) is 0 Å². The van der Waals surface area contributed by atoms with Gasteiger partial charge in [-0.15, -0.1) is 0 Å². The van der Waals surface area contributed by atoms with Gasteiger partial charge in [0.05, 0.1) is 13.7 Å². The van der Waals surface area contributed by atoms with Crippen LogP contribution < -0.4 is 10.1 Å². The van der Waals surface area contributed by atoms with Crippen LogP contribution in [0.4, 0.5) is 0 Å². The van der Waals surface area contributed by atoms with Crippen molar-refractivity contribution in [2.24, 2.45) is 0 Å². The minimum atomic E-state index is 0.0851. The third-order valence-electron chi connectivity index (χ3n) is 2.82. The molecule has 1 N–H and O–H groups in total. The molecule has 2 rings (SSSR count). The maximum absolute atomic E-state index is 11.7. The molecule has 0 aliphatic rings. The zero-order chi connectivity index (χ0) is 13.7. The molecule has 0 unspecified atom stereocenters. The Morgan fingerprint density at radius 3 is 2.37 bits per heavy atom. The summed E-state index contributed by atoms with van der Waals surface area (Å²) in [6, 6.07) is 11.3. The normalized spacial score (nSPS) is 10.2. The van der Waals surface area contributed by atoms with E-state index in [1.54, 1.807) is 20.4 Å². The summed E-state index contributed by atoms with van der Waals surface area (Å²) < 4.78 is 5.02. The van der Waals surface area contributed by atoms with Crippen LogP contribution in [0.25, 0.3) is 11.1 Å². The van der Waals surface area contributed by atoms with Gasteiger partial charge in [-0.2, -0.15) is 0 Å². The number of methoxy groups -OCH3 is 1. The Labute approximate surface area is 112 Å². The van der Waals surface area contributed by atoms with Gasteiger partial charge in [-0.1, -0.05) is 24.3 Å². The lowest BCUT2D eigenvalue weighted by Crippen LogP contribution is -2.18. The smallest absolute Gasteiger partial charge is 0.212 e. The van der Waals surface area contributed by atoms with Crippen LogP contribution in [-0.2, 0) is 0 Å². The number of hydrogen-bond acceptors (Lipinski definition) is 4. The summed E-state index contributed by atoms with van der Waals surface area (Å²) in [5.41, 5.74) is 2.73. The minimum absolute atomic E-state index is 0.0851. The zero-order valence-corrected chi connectivity index (χ0v) is 11.0. The number of pyridine rings is 1. The molecule has 0 bridgehead atoms. The van der Waals surface area contributed by atoms with Crippen molar-refractivity contribution in [3.05, 3.63) is 48.2 Å². The Balaban J connectivity index is 2.19. The predicted octanol–water partition coefficient (Wildman–Crippen LogP) is 2.16. The second-order valence-corrected chi connectivity index (χ2v) is 4.12. The van der Waals surface area contributed by atoms with Gasteiger partial charge in [-0.05, 0) is 18.7 Å². The highest BCUT2D eigenvalue weighted by Crippen LogP contribution is 2.20. The Kier molecular flexibility index (Phi) is 4.26. The number of nitrogens with one attached hydrogen (secondary N) is 1. The Bertz CT molecular complexity index is 547. The third-order valence-corrected chi connectivity index (χ3v) is 2.82. The van der Waals surface area contributed by atoms with Crippen molar-refractivity contribution in [2.75, 3.05) is 20.7 Å². The van der Waals surface area contributed by atoms with E-state index in [1.807, 2.05) is 36.4 Å². The van der Waals surface area contributed by atoms with Crippen LogP contribution >= 0.6 is 0 Å². The number of ether oxygens (including phenoxy) is 1. The summed E-state index contributed by atoms with van der Waals surface area (Å²) in [7, 11) is 3.35. The zero-order valence-electron chi connectivity index (χ0n) is 11.0. The van der Waals surface area contributed by atoms with Gasteiger partial charge in [0.2, 0.25) is 5.88 Å². The maximum atomic E-state index is 11.7. The maximum Gasteiger partial charge on any atom is 0.212 e. The fourth-order valence-electron chi connectivity index (χ4n) is 1.78. The summed E-state index contributed by atoms with van der Waals surface area (Å²) in [6.45, 7) is 0.351. The lowest BCUT2D eigenvalue weighted by molar-refractivity contribution is 0.0993. The van der Waals surface area contributed by atoms with E-state index in [2.05, 4.69) is 10.3 Å². The Morgan fingerprint density at radius 1 is 1.16 bits per heavy atom. The van der Waals surface area contributed by atoms with E-state index >= 15 is 0 Å². The minimum Gasteiger partial charge on any atom is -0.481 e. The molecule has 0 saturated carbocycles. The summed E-state index contributed by atoms with van der Waals surface area (Å²) in [5.74, 6) is 0.673. The van der Waals surface area contributed by atoms with Gasteiger partial charge < -0.3 is 10.1 Å². The molecule has 0 amide bonds. The molecule has 4 heteroatoms. The summed E-state index contributed by atoms with van der Waals surface area (Å²) in [5, 5.41) is 2.85. The fraction of sp³-hybridized carbons (Fsp3) is 0.200. The van der Waals surface area contributed by atoms with Crippen molar-refractivity contribution < 1.29 is 9.53 Å². The van der Waals surface area contributed by atoms with Crippen molar-refractivity contribution in [3.63, 3.8) is 0 Å². The monoisotopic (exact) mass is 256 g/mol. The Morgan fingerprint density at radius 2 is 1.84 bits per heavy atom. The molecule has 0 aliphatic heterocycles. The number of hydrogen-bond donors (Lipinski definition) is 1. The number of nitrogens with zero attached hydrogens (tertiary/aromatic N) is 1. The molecule has 0 radical (unpaired) electrons. The summed E-state index contributed by atoms with van der Waals surface area (Å²) in [6.07, 6.45) is 1.75. The molecule has 0 atom stereocenters. The van der Waals surface area contributed by atoms with Gasteiger partial charge in [-0.3, -0.25) is 4.79 Å². The van der Waals surface area contributed by atoms with E-state index in [1.165, 1.54) is 0 Å². The van der Waals surface area contributed by atoms with Crippen LogP contribution in [0.2, 0.25) is 0 Å². The first-order valence-corrected chi connectivity index (χ1v) is 6.03. The molecule has 0 aliphatic carbocycles. The standard InChI is InChI=1S/C15H16N2O2/c1-16-10-14(18)12-5-3-11(4-6-12)13-7-8-15(19-2)17-9-13/h3-9,16H,10H2,1-2H3. The molecule has 0 fully saturated rings. The SMILES string of the molecule is CNCC(=O)c1ccc(-c2ccc(OC)nc2)cc1. The molecule has 1 aromatic heterocycles. The third kappa shape index (κ3) is 3.17. The number of Topliss-reactive ketones (excluding diaryl/α,β-unsaturated/α-hetero) is 1. The summed E-state index contributed by atoms with van der Waals surface area (Å²) in [4.78, 5) is 15.8. The first-order valence-electron chi connectivity index (χ1n) is 6.03. The fourth-order valence-corrected chi connectivity index (χ4v) is 1.78. The average Bonchev–Trinajstić information content (AvgIpc) is 2.48. The number of rotatable bonds is 5. The molecule has 0 spiro atoms. The van der Waals surface area contributed by atoms with Crippen LogP contribution in [0.15, 0.2) is 42.6 Å². The van der Waals surface area contributed by atoms with E-state index in [0.29, 0.717) is 18.0 Å². The number of benzene rings is 1. The van der Waals surface area contributed by atoms with E-state index in [-0.39, 0.29) is 5.78 Å². The first kappa shape index (κ1) is 13.2. The van der Waals surface area contributed by atoms with Gasteiger partial charge in [0.25, 0.3) is 0 Å². The predicted molar refractivity (Wildman–Crippen MR) is 74.5 cm³/mol. The highest BCUT2D eigenvalue weighted by molar-refractivity contribution is 5.97. The van der Waals surface area contributed by atoms with Crippen molar-refractivity contribution in [1.82, 2.24) is 10.3 Å². The molecule has 2 aromatic rings. The number of carbonyl (C=O) groups is 1. The highest BCUT2D eigenvalue weighted by Gasteiger charge is 2.05. The molecular weight excluding hydrogens is 240 g/mol. The quantitative estimate of drug-likeness (QED) is 0.833. The largest absolute Gasteiger partial charge is 0.481 e. The van der Waals surface area contributed by atoms with Crippen molar-refractivity contribution in [3.8, 4) is 17.0 Å². The van der Waals surface area contributed by atoms with Crippen molar-refractivity contribution >= 4 is 5.78 Å². The van der Waals surface area contributed by atoms with Crippen LogP contribution in [0.5, 0.6) is 5.88 Å². The molecule has 1 heterocycles. The number of carbonyl (C=O) groups excluding carboxylic acids is 1. The molecule has 98 valence electrons. The topological polar surface area (TPSA) is 51.2 Å². The second-order valence-electron chi connectivity index (χ2n) is 4.12. The average molecular weight is 256 g/mol. The van der Waals surface area contributed by atoms with E-state index in [0.717, 1.165) is 11.1 Å².